The van der Waals surface area contributed by atoms with Gasteiger partial charge in [0.1, 0.15) is 12.3 Å². The van der Waals surface area contributed by atoms with E-state index >= 15 is 0 Å². The zero-order valence-corrected chi connectivity index (χ0v) is 13.0. The zero-order chi connectivity index (χ0) is 14.2. The van der Waals surface area contributed by atoms with Crippen molar-refractivity contribution in [3.8, 4) is 5.88 Å². The topological polar surface area (TPSA) is 56.3 Å². The van der Waals surface area contributed by atoms with Crippen LogP contribution in [0.25, 0.3) is 5.57 Å². The minimum absolute atomic E-state index is 0.302. The van der Waals surface area contributed by atoms with Gasteiger partial charge in [-0.05, 0) is 31.9 Å². The van der Waals surface area contributed by atoms with Gasteiger partial charge in [-0.3, -0.25) is 0 Å². The number of aromatic nitrogens is 2. The second-order valence-corrected chi connectivity index (χ2v) is 5.38. The smallest absolute Gasteiger partial charge is 0.253 e. The van der Waals surface area contributed by atoms with Crippen LogP contribution in [-0.4, -0.2) is 41.2 Å². The molecule has 0 aromatic carbocycles. The minimum atomic E-state index is 0.302. The maximum atomic E-state index is 5.70. The van der Waals surface area contributed by atoms with E-state index in [9.17, 15) is 0 Å². The van der Waals surface area contributed by atoms with Crippen molar-refractivity contribution in [1.82, 2.24) is 14.1 Å². The molecule has 2 heterocycles. The molecule has 1 aliphatic heterocycles. The molecule has 0 radical (unpaired) electrons. The summed E-state index contributed by atoms with van der Waals surface area (Å²) in [6, 6.07) is 0.302. The van der Waals surface area contributed by atoms with Crippen LogP contribution >= 0.6 is 11.7 Å². The molecule has 6 heteroatoms. The Morgan fingerprint density at radius 3 is 3.05 bits per heavy atom. The Kier molecular flexibility index (Phi) is 6.42. The van der Waals surface area contributed by atoms with Crippen molar-refractivity contribution in [2.75, 3.05) is 26.4 Å². The van der Waals surface area contributed by atoms with Crippen LogP contribution in [0, 0.1) is 0 Å². The van der Waals surface area contributed by atoms with E-state index in [1.165, 1.54) is 17.3 Å². The molecular formula is C14H23N3O2S. The van der Waals surface area contributed by atoms with Gasteiger partial charge in [0.15, 0.2) is 0 Å². The maximum absolute atomic E-state index is 5.70. The molecule has 1 aliphatic rings. The molecule has 1 aromatic rings. The lowest BCUT2D eigenvalue weighted by molar-refractivity contribution is 0.0967. The van der Waals surface area contributed by atoms with Crippen LogP contribution in [-0.2, 0) is 4.74 Å². The van der Waals surface area contributed by atoms with Crippen LogP contribution in [0.15, 0.2) is 6.08 Å². The number of hydrogen-bond acceptors (Lipinski definition) is 6. The lowest BCUT2D eigenvalue weighted by Gasteiger charge is -2.21. The van der Waals surface area contributed by atoms with Gasteiger partial charge in [-0.1, -0.05) is 19.4 Å². The van der Waals surface area contributed by atoms with E-state index in [-0.39, 0.29) is 0 Å². The summed E-state index contributed by atoms with van der Waals surface area (Å²) in [4.78, 5) is 0. The highest BCUT2D eigenvalue weighted by Crippen LogP contribution is 2.28. The molecule has 1 unspecified atom stereocenters. The van der Waals surface area contributed by atoms with Crippen molar-refractivity contribution in [1.29, 1.82) is 0 Å². The third-order valence-electron chi connectivity index (χ3n) is 3.27. The van der Waals surface area contributed by atoms with Gasteiger partial charge in [0.2, 0.25) is 0 Å². The molecule has 1 atom stereocenters. The van der Waals surface area contributed by atoms with E-state index in [0.717, 1.165) is 38.1 Å². The number of unbranched alkanes of at least 4 members (excludes halogenated alkanes) is 1. The lowest BCUT2D eigenvalue weighted by Crippen LogP contribution is -2.31. The summed E-state index contributed by atoms with van der Waals surface area (Å²) in [6.07, 6.45) is 5.50. The fourth-order valence-electron chi connectivity index (χ4n) is 2.11. The number of rotatable bonds is 8. The standard InChI is InChI=1S/C14H23N3O2S/c1-3-4-8-18-9-10-19-14-13(16-20-17-14)12-6-5-7-15-11(12)2/h6,11,15H,3-5,7-10H2,1-2H3. The minimum Gasteiger partial charge on any atom is -0.473 e. The molecular weight excluding hydrogens is 274 g/mol. The second-order valence-electron chi connectivity index (χ2n) is 4.86. The Hall–Kier alpha value is -0.980. The normalized spacial score (nSPS) is 18.9. The van der Waals surface area contributed by atoms with Crippen LogP contribution in [0.3, 0.4) is 0 Å². The molecule has 0 amide bonds. The Morgan fingerprint density at radius 1 is 1.35 bits per heavy atom. The Labute approximate surface area is 124 Å². The van der Waals surface area contributed by atoms with Gasteiger partial charge in [0, 0.05) is 12.6 Å². The molecule has 1 N–H and O–H groups in total. The zero-order valence-electron chi connectivity index (χ0n) is 12.2. The van der Waals surface area contributed by atoms with Crippen molar-refractivity contribution in [3.63, 3.8) is 0 Å². The quantitative estimate of drug-likeness (QED) is 0.747. The fraction of sp³-hybridized carbons (Fsp3) is 0.714. The first-order valence-electron chi connectivity index (χ1n) is 7.29. The van der Waals surface area contributed by atoms with E-state index in [1.54, 1.807) is 0 Å². The summed E-state index contributed by atoms with van der Waals surface area (Å²) in [6.45, 7) is 7.24. The molecule has 0 saturated carbocycles. The second kappa shape index (κ2) is 8.34. The molecule has 0 saturated heterocycles. The summed E-state index contributed by atoms with van der Waals surface area (Å²) in [5.41, 5.74) is 2.06. The van der Waals surface area contributed by atoms with Gasteiger partial charge in [0.25, 0.3) is 5.88 Å². The Balaban J connectivity index is 1.84. The van der Waals surface area contributed by atoms with Gasteiger partial charge < -0.3 is 14.8 Å². The molecule has 0 fully saturated rings. The van der Waals surface area contributed by atoms with Crippen molar-refractivity contribution < 1.29 is 9.47 Å². The average molecular weight is 297 g/mol. The van der Waals surface area contributed by atoms with E-state index < -0.39 is 0 Å². The van der Waals surface area contributed by atoms with Crippen molar-refractivity contribution in [2.24, 2.45) is 0 Å². The van der Waals surface area contributed by atoms with Gasteiger partial charge in [0.05, 0.1) is 18.3 Å². The molecule has 1 aromatic heterocycles. The van der Waals surface area contributed by atoms with Gasteiger partial charge in [-0.2, -0.15) is 4.37 Å². The maximum Gasteiger partial charge on any atom is 0.253 e. The summed E-state index contributed by atoms with van der Waals surface area (Å²) in [5.74, 6) is 0.635. The number of nitrogens with one attached hydrogen (secondary N) is 1. The van der Waals surface area contributed by atoms with Crippen LogP contribution in [0.1, 0.15) is 38.8 Å². The number of nitrogens with zero attached hydrogens (tertiary/aromatic N) is 2. The SMILES string of the molecule is CCCCOCCOc1nsnc1C1=CCCNC1C. The first-order valence-corrected chi connectivity index (χ1v) is 8.03. The summed E-state index contributed by atoms with van der Waals surface area (Å²) in [7, 11) is 0. The molecule has 20 heavy (non-hydrogen) atoms. The lowest BCUT2D eigenvalue weighted by atomic mass is 10.0. The highest BCUT2D eigenvalue weighted by Gasteiger charge is 2.21. The average Bonchev–Trinajstić information content (AvgIpc) is 2.91. The highest BCUT2D eigenvalue weighted by molar-refractivity contribution is 6.99. The van der Waals surface area contributed by atoms with Crippen LogP contribution in [0.2, 0.25) is 0 Å². The summed E-state index contributed by atoms with van der Waals surface area (Å²) < 4.78 is 19.8. The summed E-state index contributed by atoms with van der Waals surface area (Å²) >= 11 is 1.20. The highest BCUT2D eigenvalue weighted by atomic mass is 32.1. The van der Waals surface area contributed by atoms with E-state index in [2.05, 4.69) is 34.0 Å². The van der Waals surface area contributed by atoms with E-state index in [1.807, 2.05) is 0 Å². The largest absolute Gasteiger partial charge is 0.473 e. The van der Waals surface area contributed by atoms with E-state index in [0.29, 0.717) is 25.1 Å². The third-order valence-corrected chi connectivity index (χ3v) is 3.78. The number of ether oxygens (including phenoxy) is 2. The molecule has 0 bridgehead atoms. The van der Waals surface area contributed by atoms with Crippen molar-refractivity contribution in [3.05, 3.63) is 11.8 Å². The van der Waals surface area contributed by atoms with Crippen molar-refractivity contribution in [2.45, 2.75) is 39.2 Å². The third kappa shape index (κ3) is 4.26. The van der Waals surface area contributed by atoms with Crippen molar-refractivity contribution >= 4 is 17.3 Å². The predicted octanol–water partition coefficient (Wildman–Crippen LogP) is 2.50. The van der Waals surface area contributed by atoms with Gasteiger partial charge >= 0.3 is 0 Å². The fourth-order valence-corrected chi connectivity index (χ4v) is 2.63. The monoisotopic (exact) mass is 297 g/mol. The summed E-state index contributed by atoms with van der Waals surface area (Å²) in [5, 5.41) is 3.43. The Morgan fingerprint density at radius 2 is 2.25 bits per heavy atom. The molecule has 0 aliphatic carbocycles. The van der Waals surface area contributed by atoms with Crippen LogP contribution in [0.5, 0.6) is 5.88 Å². The predicted molar refractivity (Wildman–Crippen MR) is 81.2 cm³/mol. The first kappa shape index (κ1) is 15.4. The van der Waals surface area contributed by atoms with Crippen LogP contribution < -0.4 is 10.1 Å². The molecule has 0 spiro atoms. The molecule has 112 valence electrons. The van der Waals surface area contributed by atoms with Gasteiger partial charge in [-0.25, -0.2) is 0 Å². The first-order chi connectivity index (χ1) is 9.83. The molecule has 2 rings (SSSR count). The Bertz CT molecular complexity index is 434. The molecule has 5 nitrogen and oxygen atoms in total. The van der Waals surface area contributed by atoms with Crippen LogP contribution in [0.4, 0.5) is 0 Å². The number of hydrogen-bond donors (Lipinski definition) is 1. The van der Waals surface area contributed by atoms with Gasteiger partial charge in [-0.15, -0.1) is 4.37 Å². The van der Waals surface area contributed by atoms with E-state index in [4.69, 9.17) is 9.47 Å².